The fraction of sp³-hybridized carbons (Fsp3) is 0.381. The predicted octanol–water partition coefficient (Wildman–Crippen LogP) is 7.08. The molecule has 2 atom stereocenters. The van der Waals surface area contributed by atoms with Crippen LogP contribution in [-0.2, 0) is 18.4 Å². The summed E-state index contributed by atoms with van der Waals surface area (Å²) in [6.45, 7) is 14.7. The predicted molar refractivity (Wildman–Crippen MR) is 203 cm³/mol. The molecule has 0 spiro atoms. The lowest BCUT2D eigenvalue weighted by Crippen LogP contribution is -2.67. The van der Waals surface area contributed by atoms with Gasteiger partial charge in [-0.25, -0.2) is 0 Å². The third kappa shape index (κ3) is 7.27. The van der Waals surface area contributed by atoms with Crippen LogP contribution in [0.3, 0.4) is 0 Å². The minimum atomic E-state index is -2.48. The molecule has 0 bridgehead atoms. The SMILES string of the molecule is CC(C)(C)[Si](OC[C@@H]1CCC1=O)(c1ccccc1)c1ccccc1.CC(C)(C)[Si](OC[C@H]1CCC1=O)(c1ccccc1)c1ccccc1. The van der Waals surface area contributed by atoms with Crippen molar-refractivity contribution in [2.75, 3.05) is 13.2 Å². The number of ketones is 2. The van der Waals surface area contributed by atoms with E-state index in [-0.39, 0.29) is 21.9 Å². The zero-order chi connectivity index (χ0) is 34.4. The van der Waals surface area contributed by atoms with Crippen molar-refractivity contribution >= 4 is 48.9 Å². The van der Waals surface area contributed by atoms with E-state index in [4.69, 9.17) is 8.85 Å². The van der Waals surface area contributed by atoms with E-state index in [1.165, 1.54) is 20.7 Å². The molecule has 0 aromatic heterocycles. The second-order valence-electron chi connectivity index (χ2n) is 15.4. The molecule has 0 radical (unpaired) electrons. The van der Waals surface area contributed by atoms with Gasteiger partial charge in [-0.3, -0.25) is 9.59 Å². The monoisotopic (exact) mass is 676 g/mol. The molecule has 4 aromatic carbocycles. The molecule has 4 nitrogen and oxygen atoms in total. The maximum Gasteiger partial charge on any atom is 0.261 e. The van der Waals surface area contributed by atoms with E-state index in [0.29, 0.717) is 24.8 Å². The van der Waals surface area contributed by atoms with Gasteiger partial charge in [0.25, 0.3) is 16.6 Å². The normalized spacial score (nSPS) is 18.3. The topological polar surface area (TPSA) is 52.6 Å². The Labute approximate surface area is 290 Å². The first-order valence-corrected chi connectivity index (χ1v) is 21.3. The lowest BCUT2D eigenvalue weighted by atomic mass is 9.85. The number of carbonyl (C=O) groups is 2. The summed E-state index contributed by atoms with van der Waals surface area (Å²) in [6.07, 6.45) is 3.37. The quantitative estimate of drug-likeness (QED) is 0.169. The van der Waals surface area contributed by atoms with Crippen LogP contribution in [0.25, 0.3) is 0 Å². The molecule has 0 N–H and O–H groups in total. The Kier molecular flexibility index (Phi) is 11.2. The van der Waals surface area contributed by atoms with Crippen molar-refractivity contribution in [2.45, 2.75) is 77.3 Å². The van der Waals surface area contributed by atoms with Gasteiger partial charge in [0.15, 0.2) is 0 Å². The van der Waals surface area contributed by atoms with Gasteiger partial charge in [-0.2, -0.15) is 0 Å². The number of rotatable bonds is 10. The lowest BCUT2D eigenvalue weighted by Gasteiger charge is -2.44. The highest BCUT2D eigenvalue weighted by Gasteiger charge is 2.52. The van der Waals surface area contributed by atoms with Gasteiger partial charge in [0.1, 0.15) is 11.6 Å². The van der Waals surface area contributed by atoms with E-state index >= 15 is 0 Å². The van der Waals surface area contributed by atoms with Gasteiger partial charge in [-0.1, -0.05) is 163 Å². The largest absolute Gasteiger partial charge is 0.407 e. The van der Waals surface area contributed by atoms with E-state index in [9.17, 15) is 9.59 Å². The number of hydrogen-bond acceptors (Lipinski definition) is 4. The Morgan fingerprint density at radius 2 is 0.729 bits per heavy atom. The van der Waals surface area contributed by atoms with E-state index in [2.05, 4.69) is 139 Å². The molecule has 2 saturated carbocycles. The first kappa shape index (κ1) is 35.9. The molecule has 0 saturated heterocycles. The third-order valence-corrected chi connectivity index (χ3v) is 20.2. The zero-order valence-electron chi connectivity index (χ0n) is 29.6. The molecule has 2 aliphatic rings. The Hall–Kier alpha value is -3.43. The second kappa shape index (κ2) is 15.0. The zero-order valence-corrected chi connectivity index (χ0v) is 31.6. The number of Topliss-reactive ketones (excluding diaryl/α,β-unsaturated/α-hetero) is 2. The van der Waals surface area contributed by atoms with Gasteiger partial charge < -0.3 is 8.85 Å². The molecule has 0 heterocycles. The van der Waals surface area contributed by atoms with Gasteiger partial charge in [0.2, 0.25) is 0 Å². The van der Waals surface area contributed by atoms with Crippen LogP contribution in [0, 0.1) is 11.8 Å². The van der Waals surface area contributed by atoms with E-state index in [1.807, 2.05) is 24.3 Å². The summed E-state index contributed by atoms with van der Waals surface area (Å²) in [5.74, 6) is 0.888. The molecular formula is C42H52O4Si2. The summed E-state index contributed by atoms with van der Waals surface area (Å²) in [6, 6.07) is 42.4. The molecule has 2 fully saturated rings. The molecule has 48 heavy (non-hydrogen) atoms. The van der Waals surface area contributed by atoms with Crippen LogP contribution < -0.4 is 20.7 Å². The van der Waals surface area contributed by atoms with Crippen LogP contribution >= 0.6 is 0 Å². The number of hydrogen-bond donors (Lipinski definition) is 0. The Morgan fingerprint density at radius 1 is 0.479 bits per heavy atom. The van der Waals surface area contributed by atoms with Crippen molar-refractivity contribution in [1.29, 1.82) is 0 Å². The Balaban J connectivity index is 0.000000188. The minimum absolute atomic E-state index is 0.0253. The Morgan fingerprint density at radius 3 is 0.896 bits per heavy atom. The smallest absolute Gasteiger partial charge is 0.261 e. The lowest BCUT2D eigenvalue weighted by molar-refractivity contribution is -0.131. The highest BCUT2D eigenvalue weighted by molar-refractivity contribution is 7.00. The maximum absolute atomic E-state index is 11.8. The van der Waals surface area contributed by atoms with Crippen molar-refractivity contribution < 1.29 is 18.4 Å². The molecule has 252 valence electrons. The molecule has 4 aromatic rings. The molecule has 0 unspecified atom stereocenters. The highest BCUT2D eigenvalue weighted by Crippen LogP contribution is 2.39. The highest BCUT2D eigenvalue weighted by atomic mass is 28.4. The van der Waals surface area contributed by atoms with Gasteiger partial charge in [-0.15, -0.1) is 0 Å². The Bertz CT molecular complexity index is 1420. The number of benzene rings is 4. The fourth-order valence-corrected chi connectivity index (χ4v) is 16.5. The minimum Gasteiger partial charge on any atom is -0.407 e. The van der Waals surface area contributed by atoms with Gasteiger partial charge >= 0.3 is 0 Å². The summed E-state index contributed by atoms with van der Waals surface area (Å²) in [5, 5.41) is 5.04. The van der Waals surface area contributed by atoms with Crippen LogP contribution in [0.2, 0.25) is 10.1 Å². The van der Waals surface area contributed by atoms with Crippen molar-refractivity contribution in [1.82, 2.24) is 0 Å². The summed E-state index contributed by atoms with van der Waals surface area (Å²) >= 11 is 0. The van der Waals surface area contributed by atoms with Crippen LogP contribution in [0.5, 0.6) is 0 Å². The summed E-state index contributed by atoms with van der Waals surface area (Å²) in [7, 11) is -4.95. The first-order valence-electron chi connectivity index (χ1n) is 17.5. The average Bonchev–Trinajstić information content (AvgIpc) is 3.08. The van der Waals surface area contributed by atoms with Gasteiger partial charge in [0.05, 0.1) is 0 Å². The van der Waals surface area contributed by atoms with E-state index < -0.39 is 16.6 Å². The van der Waals surface area contributed by atoms with Gasteiger partial charge in [-0.05, 0) is 43.7 Å². The molecule has 6 heteroatoms. The summed E-state index contributed by atoms with van der Waals surface area (Å²) < 4.78 is 13.5. The molecule has 0 amide bonds. The number of carbonyl (C=O) groups excluding carboxylic acids is 2. The van der Waals surface area contributed by atoms with Crippen molar-refractivity contribution in [3.05, 3.63) is 121 Å². The summed E-state index contributed by atoms with van der Waals surface area (Å²) in [5.41, 5.74) is 0. The molecule has 2 aliphatic carbocycles. The third-order valence-electron chi connectivity index (χ3n) is 10.2. The molecule has 6 rings (SSSR count). The average molecular weight is 677 g/mol. The van der Waals surface area contributed by atoms with E-state index in [0.717, 1.165) is 25.7 Å². The maximum atomic E-state index is 11.8. The van der Waals surface area contributed by atoms with Crippen LogP contribution in [-0.4, -0.2) is 41.4 Å². The molecular weight excluding hydrogens is 625 g/mol. The first-order chi connectivity index (χ1) is 22.9. The second-order valence-corrected chi connectivity index (χ2v) is 24.0. The van der Waals surface area contributed by atoms with Crippen molar-refractivity contribution in [2.24, 2.45) is 11.8 Å². The van der Waals surface area contributed by atoms with Crippen molar-refractivity contribution in [3.63, 3.8) is 0 Å². The summed E-state index contributed by atoms with van der Waals surface area (Å²) in [4.78, 5) is 23.6. The van der Waals surface area contributed by atoms with Crippen LogP contribution in [0.15, 0.2) is 121 Å². The van der Waals surface area contributed by atoms with Crippen molar-refractivity contribution in [3.8, 4) is 0 Å². The standard InChI is InChI=1S/2C21H26O2Si/c2*1-21(2,3)24(18-10-6-4-7-11-18,19-12-8-5-9-13-19)23-16-17-14-15-20(17)22/h2*4-13,17H,14-16H2,1-3H3/t2*17-/m10/s1. The van der Waals surface area contributed by atoms with E-state index in [1.54, 1.807) is 0 Å². The molecule has 0 aliphatic heterocycles. The van der Waals surface area contributed by atoms with Gasteiger partial charge in [0, 0.05) is 37.9 Å². The fourth-order valence-electron chi connectivity index (χ4n) is 7.26. The van der Waals surface area contributed by atoms with Crippen LogP contribution in [0.1, 0.15) is 67.2 Å². The van der Waals surface area contributed by atoms with Crippen LogP contribution in [0.4, 0.5) is 0 Å².